The molecule has 81 heavy (non-hydrogen) atoms. The van der Waals surface area contributed by atoms with Crippen molar-refractivity contribution in [2.75, 3.05) is 13.2 Å². The fourth-order valence-electron chi connectivity index (χ4n) is 13.9. The van der Waals surface area contributed by atoms with Crippen molar-refractivity contribution in [1.29, 1.82) is 0 Å². The summed E-state index contributed by atoms with van der Waals surface area (Å²) in [6.45, 7) is 3.57. The number of carbonyl (C=O) groups is 8. The minimum atomic E-state index is -0.747. The summed E-state index contributed by atoms with van der Waals surface area (Å²) in [6.07, 6.45) is 0. The predicted molar refractivity (Wildman–Crippen MR) is 307 cm³/mol. The molecule has 4 heterocycles. The van der Waals surface area contributed by atoms with E-state index in [4.69, 9.17) is 4.74 Å². The fourth-order valence-corrected chi connectivity index (χ4v) is 13.9. The van der Waals surface area contributed by atoms with Crippen molar-refractivity contribution in [3.05, 3.63) is 213 Å². The van der Waals surface area contributed by atoms with Crippen LogP contribution in [0.2, 0.25) is 0 Å². The lowest BCUT2D eigenvalue weighted by Gasteiger charge is -2.34. The van der Waals surface area contributed by atoms with Gasteiger partial charge in [0.05, 0.1) is 38.4 Å². The van der Waals surface area contributed by atoms with Crippen LogP contribution in [0.4, 0.5) is 0 Å². The molecular formula is C68H42N4O9. The molecule has 2 unspecified atom stereocenters. The van der Waals surface area contributed by atoms with Gasteiger partial charge in [-0.05, 0) is 138 Å². The lowest BCUT2D eigenvalue weighted by Crippen LogP contribution is -2.49. The minimum Gasteiger partial charge on any atom is -0.377 e. The van der Waals surface area contributed by atoms with Gasteiger partial charge in [0, 0.05) is 66.1 Å². The smallest absolute Gasteiger partial charge is 0.261 e. The van der Waals surface area contributed by atoms with Gasteiger partial charge in [0.2, 0.25) is 0 Å². The Kier molecular flexibility index (Phi) is 9.62. The second-order valence-corrected chi connectivity index (χ2v) is 21.8. The highest BCUT2D eigenvalue weighted by molar-refractivity contribution is 6.43. The Morgan fingerprint density at radius 1 is 0.284 bits per heavy atom. The quantitative estimate of drug-likeness (QED) is 0.0738. The third-order valence-corrected chi connectivity index (χ3v) is 17.5. The van der Waals surface area contributed by atoms with E-state index in [2.05, 4.69) is 0 Å². The molecule has 8 amide bonds. The topological polar surface area (TPSA) is 159 Å². The molecule has 13 heteroatoms. The number of imide groups is 4. The van der Waals surface area contributed by atoms with Crippen LogP contribution in [-0.4, -0.2) is 92.2 Å². The second kappa shape index (κ2) is 16.6. The molecule has 12 aromatic rings. The van der Waals surface area contributed by atoms with Crippen LogP contribution in [0.25, 0.3) is 86.2 Å². The van der Waals surface area contributed by atoms with Crippen molar-refractivity contribution in [2.45, 2.75) is 39.0 Å². The first kappa shape index (κ1) is 46.8. The van der Waals surface area contributed by atoms with Crippen LogP contribution in [-0.2, 0) is 17.8 Å². The number of rotatable bonds is 10. The van der Waals surface area contributed by atoms with Gasteiger partial charge in [-0.3, -0.25) is 58.0 Å². The van der Waals surface area contributed by atoms with Crippen molar-refractivity contribution >= 4 is 133 Å². The largest absolute Gasteiger partial charge is 0.377 e. The number of ether oxygens (including phenoxy) is 1. The van der Waals surface area contributed by atoms with Crippen LogP contribution in [0, 0.1) is 0 Å². The normalized spacial score (nSPS) is 16.0. The molecule has 0 aromatic heterocycles. The van der Waals surface area contributed by atoms with Crippen LogP contribution in [0.1, 0.15) is 108 Å². The van der Waals surface area contributed by atoms with Crippen LogP contribution < -0.4 is 0 Å². The zero-order valence-electron chi connectivity index (χ0n) is 43.5. The molecule has 0 spiro atoms. The molecule has 0 saturated carbocycles. The Hall–Kier alpha value is -10.2. The van der Waals surface area contributed by atoms with E-state index in [0.29, 0.717) is 66.1 Å². The summed E-state index contributed by atoms with van der Waals surface area (Å²) >= 11 is 0. The van der Waals surface area contributed by atoms with E-state index in [1.165, 1.54) is 19.6 Å². The average Bonchev–Trinajstić information content (AvgIpc) is 3.01. The van der Waals surface area contributed by atoms with Crippen molar-refractivity contribution in [1.82, 2.24) is 19.6 Å². The summed E-state index contributed by atoms with van der Waals surface area (Å²) in [5.41, 5.74) is 4.82. The van der Waals surface area contributed by atoms with Gasteiger partial charge < -0.3 is 4.74 Å². The Labute approximate surface area is 459 Å². The van der Waals surface area contributed by atoms with Gasteiger partial charge in [0.15, 0.2) is 0 Å². The molecule has 4 aliphatic heterocycles. The van der Waals surface area contributed by atoms with E-state index in [0.717, 1.165) is 75.8 Å². The van der Waals surface area contributed by atoms with E-state index < -0.39 is 35.7 Å². The molecule has 2 atom stereocenters. The SMILES string of the molecule is CC(COCC(C)N1C(=O)c2ccc3c4ccc5c6c(ccc(c7ccc(c2c37)C1=O)c64)C(=O)N(Cc1ccccc1)C5=O)N1C(=O)c2ccc3c4ccc5c6c(ccc(c7ccc(c2c37)C1=O)c64)C(=O)N(Cc1ccccc1)C5=O. The average molecular weight is 1060 g/mol. The second-order valence-electron chi connectivity index (χ2n) is 21.8. The lowest BCUT2D eigenvalue weighted by molar-refractivity contribution is 0.0235. The highest BCUT2D eigenvalue weighted by Crippen LogP contribution is 2.49. The first-order valence-corrected chi connectivity index (χ1v) is 26.9. The van der Waals surface area contributed by atoms with Gasteiger partial charge in [0.25, 0.3) is 47.3 Å². The third kappa shape index (κ3) is 6.17. The highest BCUT2D eigenvalue weighted by atomic mass is 16.5. The van der Waals surface area contributed by atoms with Crippen LogP contribution >= 0.6 is 0 Å². The van der Waals surface area contributed by atoms with Gasteiger partial charge in [-0.15, -0.1) is 0 Å². The van der Waals surface area contributed by atoms with E-state index in [-0.39, 0.29) is 49.9 Å². The number of nitrogens with zero attached hydrogens (tertiary/aromatic N) is 4. The predicted octanol–water partition coefficient (Wildman–Crippen LogP) is 12.1. The molecule has 0 aliphatic carbocycles. The molecule has 0 N–H and O–H groups in total. The molecule has 0 bridgehead atoms. The Bertz CT molecular complexity index is 4420. The van der Waals surface area contributed by atoms with Crippen LogP contribution in [0.15, 0.2) is 158 Å². The van der Waals surface area contributed by atoms with Gasteiger partial charge >= 0.3 is 0 Å². The fraction of sp³-hybridized carbons (Fsp3) is 0.118. The number of benzene rings is 12. The summed E-state index contributed by atoms with van der Waals surface area (Å²) in [4.78, 5) is 120. The number of hydrogen-bond donors (Lipinski definition) is 0. The first-order chi connectivity index (χ1) is 39.4. The summed E-state index contributed by atoms with van der Waals surface area (Å²) in [5, 5.41) is 11.6. The van der Waals surface area contributed by atoms with Crippen molar-refractivity contribution < 1.29 is 43.1 Å². The zero-order valence-corrected chi connectivity index (χ0v) is 43.5. The molecular weight excluding hydrogens is 1020 g/mol. The first-order valence-electron chi connectivity index (χ1n) is 26.9. The number of amides is 8. The van der Waals surface area contributed by atoms with E-state index >= 15 is 0 Å². The molecule has 388 valence electrons. The number of hydrogen-bond acceptors (Lipinski definition) is 9. The Morgan fingerprint density at radius 3 is 0.741 bits per heavy atom. The van der Waals surface area contributed by atoms with Gasteiger partial charge in [-0.1, -0.05) is 109 Å². The van der Waals surface area contributed by atoms with Gasteiger partial charge in [-0.2, -0.15) is 0 Å². The summed E-state index contributed by atoms with van der Waals surface area (Å²) in [6, 6.07) is 46.4. The van der Waals surface area contributed by atoms with Crippen LogP contribution in [0.5, 0.6) is 0 Å². The van der Waals surface area contributed by atoms with E-state index in [1.54, 1.807) is 62.4 Å². The molecule has 0 fully saturated rings. The molecule has 0 radical (unpaired) electrons. The van der Waals surface area contributed by atoms with E-state index in [1.807, 2.05) is 109 Å². The molecule has 4 aliphatic rings. The minimum absolute atomic E-state index is 0.0809. The molecule has 0 saturated heterocycles. The monoisotopic (exact) mass is 1060 g/mol. The third-order valence-electron chi connectivity index (χ3n) is 17.5. The van der Waals surface area contributed by atoms with Crippen molar-refractivity contribution in [3.63, 3.8) is 0 Å². The standard InChI is InChI=1S/C68H42N4O9/c1-33(71-65(77)49-25-17-41-37-13-21-45-57-46(62(74)69(61(45)73)29-35-9-5-3-6-10-35)22-14-38(53(37)57)42-18-26-50(66(71)78)59(49)55(41)42)31-81-32-34(2)72-67(79)51-27-19-43-39-15-23-47-58-48(64(76)70(63(47)75)30-36-11-7-4-8-12-36)24-16-40(54(39)58)44-20-28-52(68(72)80)60(51)56(43)44/h3-28,33-34H,29-32H2,1-2H3. The Morgan fingerprint density at radius 2 is 0.506 bits per heavy atom. The highest BCUT2D eigenvalue weighted by Gasteiger charge is 2.42. The van der Waals surface area contributed by atoms with Crippen LogP contribution in [0.3, 0.4) is 0 Å². The molecule has 16 rings (SSSR count). The summed E-state index contributed by atoms with van der Waals surface area (Å²) < 4.78 is 6.23. The summed E-state index contributed by atoms with van der Waals surface area (Å²) in [7, 11) is 0. The maximum absolute atomic E-state index is 14.6. The number of fused-ring (bicyclic) bond motifs is 4. The maximum Gasteiger partial charge on any atom is 0.261 e. The van der Waals surface area contributed by atoms with Gasteiger partial charge in [-0.25, -0.2) is 0 Å². The van der Waals surface area contributed by atoms with Crippen molar-refractivity contribution in [2.24, 2.45) is 0 Å². The van der Waals surface area contributed by atoms with Crippen molar-refractivity contribution in [3.8, 4) is 0 Å². The molecule has 12 aromatic carbocycles. The molecule has 13 nitrogen and oxygen atoms in total. The van der Waals surface area contributed by atoms with E-state index in [9.17, 15) is 38.4 Å². The maximum atomic E-state index is 14.6. The summed E-state index contributed by atoms with van der Waals surface area (Å²) in [5.74, 6) is -3.43. The Balaban J connectivity index is 0.666. The lowest BCUT2D eigenvalue weighted by atomic mass is 9.82. The zero-order chi connectivity index (χ0) is 55.0. The van der Waals surface area contributed by atoms with Gasteiger partial charge in [0.1, 0.15) is 0 Å². The number of carbonyl (C=O) groups excluding carboxylic acids is 8.